The summed E-state index contributed by atoms with van der Waals surface area (Å²) in [6.45, 7) is 3.48. The third kappa shape index (κ3) is 2.84. The van der Waals surface area contributed by atoms with E-state index in [9.17, 15) is 34.5 Å². The molecule has 1 saturated heterocycles. The molecule has 1 aliphatic rings. The van der Waals surface area contributed by atoms with Gasteiger partial charge in [-0.3, -0.25) is 19.2 Å². The van der Waals surface area contributed by atoms with E-state index in [2.05, 4.69) is 22.7 Å². The number of hydrogen-bond acceptors (Lipinski definition) is 10. The molecule has 6 atom stereocenters. The number of aliphatic hydroxyl groups excluding tert-OH is 1. The van der Waals surface area contributed by atoms with Gasteiger partial charge in [0.1, 0.15) is 22.7 Å². The van der Waals surface area contributed by atoms with Crippen molar-refractivity contribution in [3.8, 4) is 0 Å². The standard InChI is InChI=1S/C14H19N3O8S/c1-5(18)9(22)10-12(23,6(2)19)13(26,7(3)20)11(16-17-15)14(24,25-10)8(4)21/h5,10-11,18,23-24,26H,1-4H3/t5?,10-,11-,12-,13+,14+/m1/s1. The van der Waals surface area contributed by atoms with Gasteiger partial charge in [0, 0.05) is 11.8 Å². The summed E-state index contributed by atoms with van der Waals surface area (Å²) in [6, 6.07) is -2.19. The van der Waals surface area contributed by atoms with Crippen molar-refractivity contribution in [3.63, 3.8) is 0 Å². The Morgan fingerprint density at radius 1 is 1.15 bits per heavy atom. The van der Waals surface area contributed by atoms with Gasteiger partial charge in [-0.15, -0.1) is 0 Å². The Balaban J connectivity index is 3.98. The molecule has 0 aromatic heterocycles. The van der Waals surface area contributed by atoms with Crippen molar-refractivity contribution < 1.29 is 39.2 Å². The second-order valence-electron chi connectivity index (χ2n) is 6.08. The average molecular weight is 389 g/mol. The third-order valence-electron chi connectivity index (χ3n) is 4.44. The zero-order chi connectivity index (χ0) is 20.7. The van der Waals surface area contributed by atoms with E-state index < -0.39 is 57.5 Å². The first kappa shape index (κ1) is 22.2. The smallest absolute Gasteiger partial charge is 0.237 e. The number of azide groups is 1. The van der Waals surface area contributed by atoms with E-state index in [0.717, 1.165) is 27.7 Å². The number of aliphatic hydroxyl groups is 3. The van der Waals surface area contributed by atoms with Crippen LogP contribution in [0.15, 0.2) is 5.11 Å². The van der Waals surface area contributed by atoms with Crippen LogP contribution in [0.4, 0.5) is 0 Å². The van der Waals surface area contributed by atoms with Crippen LogP contribution in [-0.2, 0) is 23.9 Å². The first-order chi connectivity index (χ1) is 11.7. The molecule has 0 bridgehead atoms. The van der Waals surface area contributed by atoms with Crippen LogP contribution in [0, 0.1) is 0 Å². The van der Waals surface area contributed by atoms with E-state index >= 15 is 0 Å². The molecule has 1 fully saturated rings. The molecule has 0 aromatic rings. The molecular formula is C14H19N3O8S. The molecule has 0 amide bonds. The maximum Gasteiger partial charge on any atom is 0.237 e. The predicted octanol–water partition coefficient (Wildman–Crippen LogP) is -1.13. The lowest BCUT2D eigenvalue weighted by Crippen LogP contribution is -2.82. The van der Waals surface area contributed by atoms with Crippen molar-refractivity contribution in [2.45, 2.75) is 62.1 Å². The average Bonchev–Trinajstić information content (AvgIpc) is 2.53. The maximum absolute atomic E-state index is 12.4. The Hall–Kier alpha value is -1.82. The molecule has 1 heterocycles. The van der Waals surface area contributed by atoms with E-state index in [1.165, 1.54) is 0 Å². The van der Waals surface area contributed by atoms with E-state index in [1.807, 2.05) is 0 Å². The molecule has 144 valence electrons. The van der Waals surface area contributed by atoms with Gasteiger partial charge in [-0.1, -0.05) is 5.11 Å². The van der Waals surface area contributed by atoms with Crippen LogP contribution >= 0.6 is 12.6 Å². The van der Waals surface area contributed by atoms with Gasteiger partial charge in [-0.05, 0) is 26.3 Å². The van der Waals surface area contributed by atoms with E-state index in [0.29, 0.717) is 0 Å². The highest BCUT2D eigenvalue weighted by Crippen LogP contribution is 2.49. The SMILES string of the molecule is CC(=O)[C@]1(O)O[C@H](C(=O)C(C)O)[C@](O)(C(C)=O)[C@](S)(C(C)=O)[C@H]1N=[N+]=[N-]. The van der Waals surface area contributed by atoms with Gasteiger partial charge in [0.05, 0.1) is 0 Å². The number of ketones is 4. The first-order valence-electron chi connectivity index (χ1n) is 7.36. The quantitative estimate of drug-likeness (QED) is 0.190. The molecule has 1 aliphatic heterocycles. The first-order valence-corrected chi connectivity index (χ1v) is 7.81. The Bertz CT molecular complexity index is 721. The summed E-state index contributed by atoms with van der Waals surface area (Å²) < 4.78 is 2.30. The predicted molar refractivity (Wildman–Crippen MR) is 88.2 cm³/mol. The van der Waals surface area contributed by atoms with E-state index in [4.69, 9.17) is 10.3 Å². The highest BCUT2D eigenvalue weighted by atomic mass is 32.1. The van der Waals surface area contributed by atoms with Crippen LogP contribution in [0.25, 0.3) is 10.4 Å². The van der Waals surface area contributed by atoms with Crippen LogP contribution in [0.2, 0.25) is 0 Å². The molecule has 1 rings (SSSR count). The van der Waals surface area contributed by atoms with Crippen molar-refractivity contribution in [1.82, 2.24) is 0 Å². The zero-order valence-corrected chi connectivity index (χ0v) is 15.3. The molecule has 0 aliphatic carbocycles. The van der Waals surface area contributed by atoms with Crippen LogP contribution in [0.1, 0.15) is 27.7 Å². The minimum Gasteiger partial charge on any atom is -0.386 e. The summed E-state index contributed by atoms with van der Waals surface area (Å²) in [5.74, 6) is -7.80. The summed E-state index contributed by atoms with van der Waals surface area (Å²) in [6.07, 6.45) is -4.12. The van der Waals surface area contributed by atoms with E-state index in [-0.39, 0.29) is 0 Å². The lowest BCUT2D eigenvalue weighted by molar-refractivity contribution is -0.286. The fourth-order valence-electron chi connectivity index (χ4n) is 2.91. The van der Waals surface area contributed by atoms with Crippen molar-refractivity contribution in [2.24, 2.45) is 5.11 Å². The zero-order valence-electron chi connectivity index (χ0n) is 14.4. The topological polar surface area (TPSA) is 187 Å². The number of ether oxygens (including phenoxy) is 1. The van der Waals surface area contributed by atoms with Gasteiger partial charge in [0.25, 0.3) is 0 Å². The van der Waals surface area contributed by atoms with Gasteiger partial charge < -0.3 is 20.1 Å². The highest BCUT2D eigenvalue weighted by Gasteiger charge is 2.75. The van der Waals surface area contributed by atoms with Gasteiger partial charge in [-0.25, -0.2) is 0 Å². The van der Waals surface area contributed by atoms with Crippen molar-refractivity contribution in [3.05, 3.63) is 10.4 Å². The molecule has 0 radical (unpaired) electrons. The maximum atomic E-state index is 12.4. The fourth-order valence-corrected chi connectivity index (χ4v) is 3.41. The lowest BCUT2D eigenvalue weighted by atomic mass is 9.66. The van der Waals surface area contributed by atoms with Crippen LogP contribution < -0.4 is 0 Å². The lowest BCUT2D eigenvalue weighted by Gasteiger charge is -2.56. The highest BCUT2D eigenvalue weighted by molar-refractivity contribution is 7.83. The Labute approximate surface area is 153 Å². The Kier molecular flexibility index (Phi) is 6.04. The summed E-state index contributed by atoms with van der Waals surface area (Å²) >= 11 is 4.01. The van der Waals surface area contributed by atoms with Crippen LogP contribution in [0.3, 0.4) is 0 Å². The summed E-state index contributed by atoms with van der Waals surface area (Å²) in [7, 11) is 0. The number of nitrogens with zero attached hydrogens (tertiary/aromatic N) is 3. The molecule has 26 heavy (non-hydrogen) atoms. The monoisotopic (exact) mass is 389 g/mol. The summed E-state index contributed by atoms with van der Waals surface area (Å²) in [5.41, 5.74) is 5.74. The summed E-state index contributed by atoms with van der Waals surface area (Å²) in [4.78, 5) is 51.3. The minimum absolute atomic E-state index is 0.810. The van der Waals surface area contributed by atoms with Gasteiger partial charge in [0.15, 0.2) is 29.1 Å². The van der Waals surface area contributed by atoms with Crippen LogP contribution in [0.5, 0.6) is 0 Å². The van der Waals surface area contributed by atoms with Gasteiger partial charge in [-0.2, -0.15) is 12.6 Å². The summed E-state index contributed by atoms with van der Waals surface area (Å²) in [5, 5.41) is 34.4. The van der Waals surface area contributed by atoms with Crippen molar-refractivity contribution in [2.75, 3.05) is 0 Å². The third-order valence-corrected chi connectivity index (χ3v) is 5.34. The normalized spacial score (nSPS) is 38.0. The number of thiol groups is 1. The van der Waals surface area contributed by atoms with Crippen LogP contribution in [-0.4, -0.2) is 72.8 Å². The Morgan fingerprint density at radius 2 is 1.65 bits per heavy atom. The largest absolute Gasteiger partial charge is 0.386 e. The number of rotatable bonds is 6. The Morgan fingerprint density at radius 3 is 1.96 bits per heavy atom. The molecule has 3 N–H and O–H groups in total. The minimum atomic E-state index is -3.06. The second kappa shape index (κ2) is 7.06. The molecule has 12 heteroatoms. The molecule has 11 nitrogen and oxygen atoms in total. The van der Waals surface area contributed by atoms with Gasteiger partial charge in [0.2, 0.25) is 5.79 Å². The molecular weight excluding hydrogens is 370 g/mol. The number of hydrogen-bond donors (Lipinski definition) is 4. The fraction of sp³-hybridized carbons (Fsp3) is 0.714. The molecule has 0 spiro atoms. The number of Topliss-reactive ketones (excluding diaryl/α,β-unsaturated/α-hetero) is 4. The van der Waals surface area contributed by atoms with Crippen molar-refractivity contribution >= 4 is 35.8 Å². The number of carbonyl (C=O) groups is 4. The van der Waals surface area contributed by atoms with Gasteiger partial charge >= 0.3 is 0 Å². The molecule has 1 unspecified atom stereocenters. The molecule has 0 aromatic carbocycles. The van der Waals surface area contributed by atoms with Crippen molar-refractivity contribution in [1.29, 1.82) is 0 Å². The molecule has 0 saturated carbocycles. The van der Waals surface area contributed by atoms with E-state index in [1.54, 1.807) is 0 Å². The second-order valence-corrected chi connectivity index (χ2v) is 6.79. The number of carbonyl (C=O) groups excluding carboxylic acids is 4.